The van der Waals surface area contributed by atoms with Gasteiger partial charge in [-0.25, -0.2) is 4.98 Å². The minimum absolute atomic E-state index is 0.290. The topological polar surface area (TPSA) is 28.2 Å². The Balaban J connectivity index is 1.96. The lowest BCUT2D eigenvalue weighted by Crippen LogP contribution is -2.34. The monoisotopic (exact) mass is 273 g/mol. The Morgan fingerprint density at radius 2 is 2.21 bits per heavy atom. The number of pyridine rings is 1. The molecule has 1 aliphatic rings. The van der Waals surface area contributed by atoms with Crippen molar-refractivity contribution in [2.45, 2.75) is 32.0 Å². The molecule has 1 saturated heterocycles. The van der Waals surface area contributed by atoms with E-state index < -0.39 is 11.9 Å². The molecule has 0 aliphatic carbocycles. The molecular formula is C13H18F3N3. The van der Waals surface area contributed by atoms with E-state index in [0.29, 0.717) is 12.6 Å². The molecule has 1 fully saturated rings. The van der Waals surface area contributed by atoms with Crippen LogP contribution in [0.25, 0.3) is 0 Å². The summed E-state index contributed by atoms with van der Waals surface area (Å²) in [6.07, 6.45) is -2.16. The van der Waals surface area contributed by atoms with Gasteiger partial charge < -0.3 is 5.32 Å². The van der Waals surface area contributed by atoms with Crippen molar-refractivity contribution in [2.75, 3.05) is 25.0 Å². The smallest absolute Gasteiger partial charge is 0.368 e. The average molecular weight is 273 g/mol. The molecule has 0 radical (unpaired) electrons. The molecular weight excluding hydrogens is 255 g/mol. The Hall–Kier alpha value is -1.30. The van der Waals surface area contributed by atoms with Crippen LogP contribution >= 0.6 is 0 Å². The average Bonchev–Trinajstić information content (AvgIpc) is 2.83. The summed E-state index contributed by atoms with van der Waals surface area (Å²) in [4.78, 5) is 5.94. The zero-order valence-corrected chi connectivity index (χ0v) is 10.9. The molecule has 6 heteroatoms. The van der Waals surface area contributed by atoms with Crippen LogP contribution in [0.4, 0.5) is 19.0 Å². The molecule has 2 heterocycles. The predicted molar refractivity (Wildman–Crippen MR) is 68.0 cm³/mol. The van der Waals surface area contributed by atoms with Crippen molar-refractivity contribution in [3.05, 3.63) is 23.9 Å². The standard InChI is InChI=1S/C13H18F3N3/c1-2-19-8-4-5-10(19)9-17-12-7-3-6-11(18-12)13(14,15)16/h3,6-7,10H,2,4-5,8-9H2,1H3,(H,17,18). The quantitative estimate of drug-likeness (QED) is 0.914. The summed E-state index contributed by atoms with van der Waals surface area (Å²) in [5, 5.41) is 3.01. The van der Waals surface area contributed by atoms with Gasteiger partial charge in [-0.3, -0.25) is 4.90 Å². The minimum atomic E-state index is -4.39. The van der Waals surface area contributed by atoms with E-state index in [4.69, 9.17) is 0 Å². The van der Waals surface area contributed by atoms with Gasteiger partial charge in [0.1, 0.15) is 11.5 Å². The van der Waals surface area contributed by atoms with E-state index in [1.165, 1.54) is 6.07 Å². The van der Waals surface area contributed by atoms with Gasteiger partial charge in [-0.1, -0.05) is 13.0 Å². The first-order chi connectivity index (χ1) is 9.00. The first kappa shape index (κ1) is 14.1. The number of likely N-dealkylation sites (N-methyl/N-ethyl adjacent to an activating group) is 1. The van der Waals surface area contributed by atoms with Gasteiger partial charge in [0.15, 0.2) is 0 Å². The molecule has 3 nitrogen and oxygen atoms in total. The number of nitrogens with one attached hydrogen (secondary N) is 1. The second-order valence-electron chi connectivity index (χ2n) is 4.71. The lowest BCUT2D eigenvalue weighted by atomic mass is 10.2. The number of alkyl halides is 3. The molecule has 1 N–H and O–H groups in total. The lowest BCUT2D eigenvalue weighted by molar-refractivity contribution is -0.141. The Morgan fingerprint density at radius 1 is 1.42 bits per heavy atom. The third-order valence-electron chi connectivity index (χ3n) is 3.46. The van der Waals surface area contributed by atoms with Crippen LogP contribution < -0.4 is 5.32 Å². The first-order valence-electron chi connectivity index (χ1n) is 6.53. The van der Waals surface area contributed by atoms with Crippen LogP contribution in [-0.2, 0) is 6.18 Å². The number of rotatable bonds is 4. The zero-order valence-electron chi connectivity index (χ0n) is 10.9. The molecule has 2 rings (SSSR count). The Bertz CT molecular complexity index is 420. The van der Waals surface area contributed by atoms with Crippen molar-refractivity contribution in [1.82, 2.24) is 9.88 Å². The maximum Gasteiger partial charge on any atom is 0.433 e. The largest absolute Gasteiger partial charge is 0.433 e. The highest BCUT2D eigenvalue weighted by atomic mass is 19.4. The molecule has 19 heavy (non-hydrogen) atoms. The van der Waals surface area contributed by atoms with Crippen molar-refractivity contribution in [2.24, 2.45) is 0 Å². The fourth-order valence-corrected chi connectivity index (χ4v) is 2.46. The van der Waals surface area contributed by atoms with Gasteiger partial charge in [-0.2, -0.15) is 13.2 Å². The van der Waals surface area contributed by atoms with Crippen LogP contribution in [-0.4, -0.2) is 35.6 Å². The maximum atomic E-state index is 12.5. The van der Waals surface area contributed by atoms with Crippen molar-refractivity contribution in [3.63, 3.8) is 0 Å². The summed E-state index contributed by atoms with van der Waals surface area (Å²) in [6.45, 7) is 4.78. The SMILES string of the molecule is CCN1CCCC1CNc1cccc(C(F)(F)F)n1. The van der Waals surface area contributed by atoms with Crippen molar-refractivity contribution < 1.29 is 13.2 Å². The fourth-order valence-electron chi connectivity index (χ4n) is 2.46. The Labute approximate surface area is 110 Å². The molecule has 1 atom stereocenters. The van der Waals surface area contributed by atoms with Crippen LogP contribution in [0.15, 0.2) is 18.2 Å². The predicted octanol–water partition coefficient (Wildman–Crippen LogP) is 3.00. The summed E-state index contributed by atoms with van der Waals surface area (Å²) < 4.78 is 37.6. The van der Waals surface area contributed by atoms with Gasteiger partial charge in [0.2, 0.25) is 0 Å². The molecule has 1 aliphatic heterocycles. The van der Waals surface area contributed by atoms with Crippen LogP contribution in [0.3, 0.4) is 0 Å². The molecule has 1 aromatic heterocycles. The van der Waals surface area contributed by atoms with Crippen LogP contribution in [0.2, 0.25) is 0 Å². The fraction of sp³-hybridized carbons (Fsp3) is 0.615. The van der Waals surface area contributed by atoms with E-state index in [9.17, 15) is 13.2 Å². The molecule has 0 amide bonds. The van der Waals surface area contributed by atoms with E-state index in [0.717, 1.165) is 32.0 Å². The van der Waals surface area contributed by atoms with Crippen molar-refractivity contribution in [1.29, 1.82) is 0 Å². The molecule has 0 bridgehead atoms. The van der Waals surface area contributed by atoms with Crippen LogP contribution in [0, 0.1) is 0 Å². The van der Waals surface area contributed by atoms with Gasteiger partial charge in [-0.05, 0) is 38.1 Å². The van der Waals surface area contributed by atoms with Crippen LogP contribution in [0.5, 0.6) is 0 Å². The number of hydrogen-bond acceptors (Lipinski definition) is 3. The molecule has 1 unspecified atom stereocenters. The lowest BCUT2D eigenvalue weighted by Gasteiger charge is -2.23. The summed E-state index contributed by atoms with van der Waals surface area (Å²) in [7, 11) is 0. The van der Waals surface area contributed by atoms with E-state index >= 15 is 0 Å². The number of halogens is 3. The van der Waals surface area contributed by atoms with Crippen LogP contribution in [0.1, 0.15) is 25.5 Å². The second-order valence-corrected chi connectivity index (χ2v) is 4.71. The van der Waals surface area contributed by atoms with Gasteiger partial charge in [0, 0.05) is 12.6 Å². The number of anilines is 1. The van der Waals surface area contributed by atoms with E-state index in [-0.39, 0.29) is 5.82 Å². The summed E-state index contributed by atoms with van der Waals surface area (Å²) >= 11 is 0. The zero-order chi connectivity index (χ0) is 13.9. The molecule has 1 aromatic rings. The minimum Gasteiger partial charge on any atom is -0.368 e. The first-order valence-corrected chi connectivity index (χ1v) is 6.53. The van der Waals surface area contributed by atoms with Crippen molar-refractivity contribution >= 4 is 5.82 Å². The second kappa shape index (κ2) is 5.77. The summed E-state index contributed by atoms with van der Waals surface area (Å²) in [5.41, 5.74) is -0.851. The highest BCUT2D eigenvalue weighted by Gasteiger charge is 2.32. The number of hydrogen-bond donors (Lipinski definition) is 1. The van der Waals surface area contributed by atoms with Gasteiger partial charge in [-0.15, -0.1) is 0 Å². The summed E-state index contributed by atoms with van der Waals surface area (Å²) in [5.74, 6) is 0.290. The molecule has 0 spiro atoms. The third kappa shape index (κ3) is 3.59. The normalized spacial score (nSPS) is 20.7. The molecule has 106 valence electrons. The third-order valence-corrected chi connectivity index (χ3v) is 3.46. The highest BCUT2D eigenvalue weighted by molar-refractivity contribution is 5.36. The van der Waals surface area contributed by atoms with Gasteiger partial charge in [0.25, 0.3) is 0 Å². The Kier molecular flexibility index (Phi) is 4.29. The van der Waals surface area contributed by atoms with Crippen molar-refractivity contribution in [3.8, 4) is 0 Å². The Morgan fingerprint density at radius 3 is 2.89 bits per heavy atom. The molecule has 0 aromatic carbocycles. The summed E-state index contributed by atoms with van der Waals surface area (Å²) in [6, 6.07) is 4.32. The number of nitrogens with zero attached hydrogens (tertiary/aromatic N) is 2. The number of aromatic nitrogens is 1. The van der Waals surface area contributed by atoms with Gasteiger partial charge >= 0.3 is 6.18 Å². The van der Waals surface area contributed by atoms with E-state index in [1.54, 1.807) is 6.07 Å². The van der Waals surface area contributed by atoms with Gasteiger partial charge in [0.05, 0.1) is 0 Å². The number of likely N-dealkylation sites (tertiary alicyclic amines) is 1. The van der Waals surface area contributed by atoms with E-state index in [1.807, 2.05) is 0 Å². The van der Waals surface area contributed by atoms with E-state index in [2.05, 4.69) is 22.1 Å². The maximum absolute atomic E-state index is 12.5. The highest BCUT2D eigenvalue weighted by Crippen LogP contribution is 2.28. The molecule has 0 saturated carbocycles.